The molecule has 3 amide bonds. The second-order valence-electron chi connectivity index (χ2n) is 11.4. The Morgan fingerprint density at radius 2 is 1.74 bits per heavy atom. The molecule has 1 heterocycles. The molecule has 0 radical (unpaired) electrons. The molecule has 0 atom stereocenters. The molecule has 7 rings (SSSR count). The van der Waals surface area contributed by atoms with E-state index in [4.69, 9.17) is 9.47 Å². The molecule has 204 valence electrons. The number of para-hydroxylation sites is 2. The van der Waals surface area contributed by atoms with Crippen LogP contribution in [0.5, 0.6) is 11.5 Å². The minimum absolute atomic E-state index is 0.206. The third-order valence-electron chi connectivity index (χ3n) is 8.80. The van der Waals surface area contributed by atoms with E-state index in [9.17, 15) is 14.4 Å². The van der Waals surface area contributed by atoms with E-state index in [1.54, 1.807) is 30.3 Å². The van der Waals surface area contributed by atoms with E-state index in [0.29, 0.717) is 28.7 Å². The molecule has 1 aliphatic heterocycles. The standard InChI is InChI=1S/C31H34N2O5S/c1-3-38-25-9-8-23(31-15-19-10-20(16-31)12-21(11-19)17-31)13-22(25)14-27-29(35)33(30(36)39-27)18-28(34)32-24-6-4-5-7-26(24)37-2/h4-9,13-14,19-21H,3,10-12,15-18H2,1-2H3,(H,32,34)/b27-14+. The van der Waals surface area contributed by atoms with Crippen LogP contribution in [0.4, 0.5) is 10.5 Å². The summed E-state index contributed by atoms with van der Waals surface area (Å²) in [5.74, 6) is 2.73. The lowest BCUT2D eigenvalue weighted by atomic mass is 9.48. The van der Waals surface area contributed by atoms with Crippen LogP contribution >= 0.6 is 11.8 Å². The Hall–Kier alpha value is -3.26. The number of imide groups is 1. The van der Waals surface area contributed by atoms with E-state index in [1.807, 2.05) is 13.0 Å². The van der Waals surface area contributed by atoms with Crippen LogP contribution in [-0.4, -0.2) is 42.2 Å². The minimum atomic E-state index is -0.470. The van der Waals surface area contributed by atoms with Gasteiger partial charge in [-0.3, -0.25) is 19.3 Å². The highest BCUT2D eigenvalue weighted by atomic mass is 32.2. The van der Waals surface area contributed by atoms with Gasteiger partial charge in [0.25, 0.3) is 11.1 Å². The number of nitrogens with one attached hydrogen (secondary N) is 1. The molecule has 1 N–H and O–H groups in total. The van der Waals surface area contributed by atoms with Crippen molar-refractivity contribution in [3.8, 4) is 11.5 Å². The number of methoxy groups -OCH3 is 1. The predicted molar refractivity (Wildman–Crippen MR) is 152 cm³/mol. The van der Waals surface area contributed by atoms with Crippen LogP contribution in [0.15, 0.2) is 47.4 Å². The largest absolute Gasteiger partial charge is 0.495 e. The summed E-state index contributed by atoms with van der Waals surface area (Å²) in [6.07, 6.45) is 9.61. The number of carbonyl (C=O) groups is 3. The van der Waals surface area contributed by atoms with Gasteiger partial charge in [0, 0.05) is 5.56 Å². The molecule has 2 aromatic rings. The van der Waals surface area contributed by atoms with Crippen LogP contribution in [-0.2, 0) is 15.0 Å². The van der Waals surface area contributed by atoms with Crippen molar-refractivity contribution in [3.05, 3.63) is 58.5 Å². The highest BCUT2D eigenvalue weighted by Crippen LogP contribution is 2.61. The van der Waals surface area contributed by atoms with Crippen molar-refractivity contribution < 1.29 is 23.9 Å². The molecule has 7 nitrogen and oxygen atoms in total. The molecule has 1 saturated heterocycles. The first kappa shape index (κ1) is 26.0. The molecule has 0 unspecified atom stereocenters. The first-order valence-corrected chi connectivity index (χ1v) is 14.6. The number of nitrogens with zero attached hydrogens (tertiary/aromatic N) is 1. The smallest absolute Gasteiger partial charge is 0.294 e. The van der Waals surface area contributed by atoms with Gasteiger partial charge in [0.1, 0.15) is 18.0 Å². The summed E-state index contributed by atoms with van der Waals surface area (Å²) in [5, 5.41) is 2.27. The topological polar surface area (TPSA) is 84.9 Å². The lowest BCUT2D eigenvalue weighted by molar-refractivity contribution is -0.127. The van der Waals surface area contributed by atoms with Gasteiger partial charge in [-0.1, -0.05) is 18.2 Å². The average Bonchev–Trinajstić information content (AvgIpc) is 3.16. The zero-order chi connectivity index (χ0) is 27.1. The second kappa shape index (κ2) is 10.4. The van der Waals surface area contributed by atoms with E-state index in [0.717, 1.165) is 40.0 Å². The van der Waals surface area contributed by atoms with Crippen LogP contribution in [0.25, 0.3) is 6.08 Å². The third kappa shape index (κ3) is 4.95. The van der Waals surface area contributed by atoms with Gasteiger partial charge in [0.15, 0.2) is 0 Å². The minimum Gasteiger partial charge on any atom is -0.495 e. The van der Waals surface area contributed by atoms with Crippen LogP contribution in [0.3, 0.4) is 0 Å². The molecule has 39 heavy (non-hydrogen) atoms. The quantitative estimate of drug-likeness (QED) is 0.395. The normalized spacial score (nSPS) is 28.3. The Labute approximate surface area is 233 Å². The Balaban J connectivity index is 1.24. The van der Waals surface area contributed by atoms with Gasteiger partial charge in [0.05, 0.1) is 24.3 Å². The number of amides is 3. The molecule has 5 aliphatic rings. The van der Waals surface area contributed by atoms with Crippen LogP contribution < -0.4 is 14.8 Å². The summed E-state index contributed by atoms with van der Waals surface area (Å²) in [6.45, 7) is 2.07. The molecule has 4 saturated carbocycles. The Bertz CT molecular complexity index is 1320. The summed E-state index contributed by atoms with van der Waals surface area (Å²) < 4.78 is 11.2. The van der Waals surface area contributed by atoms with Crippen LogP contribution in [0.2, 0.25) is 0 Å². The molecule has 2 aromatic carbocycles. The summed E-state index contributed by atoms with van der Waals surface area (Å²) >= 11 is 0.863. The third-order valence-corrected chi connectivity index (χ3v) is 9.71. The highest BCUT2D eigenvalue weighted by Gasteiger charge is 2.51. The van der Waals surface area contributed by atoms with Crippen molar-refractivity contribution in [1.82, 2.24) is 4.90 Å². The maximum Gasteiger partial charge on any atom is 0.294 e. The Morgan fingerprint density at radius 3 is 2.41 bits per heavy atom. The van der Waals surface area contributed by atoms with E-state index in [1.165, 1.54) is 51.2 Å². The van der Waals surface area contributed by atoms with Crippen molar-refractivity contribution in [3.63, 3.8) is 0 Å². The van der Waals surface area contributed by atoms with Gasteiger partial charge < -0.3 is 14.8 Å². The van der Waals surface area contributed by atoms with Crippen molar-refractivity contribution in [1.29, 1.82) is 0 Å². The highest BCUT2D eigenvalue weighted by molar-refractivity contribution is 8.18. The molecular weight excluding hydrogens is 512 g/mol. The van der Waals surface area contributed by atoms with Crippen molar-refractivity contribution in [2.24, 2.45) is 17.8 Å². The van der Waals surface area contributed by atoms with E-state index in [2.05, 4.69) is 17.4 Å². The predicted octanol–water partition coefficient (Wildman–Crippen LogP) is 6.24. The summed E-state index contributed by atoms with van der Waals surface area (Å²) in [4.78, 5) is 40.1. The first-order valence-electron chi connectivity index (χ1n) is 13.8. The molecule has 0 spiro atoms. The summed E-state index contributed by atoms with van der Waals surface area (Å²) in [5.41, 5.74) is 2.83. The van der Waals surface area contributed by atoms with Gasteiger partial charge in [0.2, 0.25) is 5.91 Å². The van der Waals surface area contributed by atoms with Crippen molar-refractivity contribution in [2.75, 3.05) is 25.6 Å². The summed E-state index contributed by atoms with van der Waals surface area (Å²) in [7, 11) is 1.51. The Kier molecular flexibility index (Phi) is 6.91. The molecule has 5 fully saturated rings. The fourth-order valence-corrected chi connectivity index (χ4v) is 8.43. The number of carbonyl (C=O) groups excluding carboxylic acids is 3. The van der Waals surface area contributed by atoms with E-state index >= 15 is 0 Å². The second-order valence-corrected chi connectivity index (χ2v) is 12.4. The molecular formula is C31H34N2O5S. The van der Waals surface area contributed by atoms with Gasteiger partial charge in [-0.25, -0.2) is 0 Å². The zero-order valence-electron chi connectivity index (χ0n) is 22.4. The molecule has 4 aliphatic carbocycles. The fraction of sp³-hybridized carbons (Fsp3) is 0.452. The number of thioether (sulfide) groups is 1. The number of anilines is 1. The number of hydrogen-bond donors (Lipinski definition) is 1. The number of hydrogen-bond acceptors (Lipinski definition) is 6. The van der Waals surface area contributed by atoms with Gasteiger partial charge in [-0.05, 0) is 116 Å². The van der Waals surface area contributed by atoms with Gasteiger partial charge >= 0.3 is 0 Å². The van der Waals surface area contributed by atoms with Crippen LogP contribution in [0.1, 0.15) is 56.6 Å². The SMILES string of the molecule is CCOc1ccc(C23CC4CC(CC(C4)C2)C3)cc1/C=C1/SC(=O)N(CC(=O)Nc2ccccc2OC)C1=O. The lowest BCUT2D eigenvalue weighted by Crippen LogP contribution is -2.48. The van der Waals surface area contributed by atoms with Crippen molar-refractivity contribution in [2.45, 2.75) is 50.9 Å². The Morgan fingerprint density at radius 1 is 1.05 bits per heavy atom. The monoisotopic (exact) mass is 546 g/mol. The fourth-order valence-electron chi connectivity index (χ4n) is 7.60. The number of ether oxygens (including phenoxy) is 2. The first-order chi connectivity index (χ1) is 18.9. The lowest BCUT2D eigenvalue weighted by Gasteiger charge is -2.57. The molecule has 8 heteroatoms. The number of rotatable bonds is 8. The van der Waals surface area contributed by atoms with E-state index < -0.39 is 17.1 Å². The molecule has 0 aromatic heterocycles. The maximum atomic E-state index is 13.3. The van der Waals surface area contributed by atoms with Gasteiger partial charge in [-0.15, -0.1) is 0 Å². The average molecular weight is 547 g/mol. The summed E-state index contributed by atoms with van der Waals surface area (Å²) in [6, 6.07) is 13.4. The van der Waals surface area contributed by atoms with Crippen molar-refractivity contribution >= 4 is 40.6 Å². The van der Waals surface area contributed by atoms with Gasteiger partial charge in [-0.2, -0.15) is 0 Å². The molecule has 4 bridgehead atoms. The zero-order valence-corrected chi connectivity index (χ0v) is 23.2. The van der Waals surface area contributed by atoms with Crippen LogP contribution in [0, 0.1) is 17.8 Å². The van der Waals surface area contributed by atoms with E-state index in [-0.39, 0.29) is 12.0 Å². The number of benzene rings is 2. The maximum absolute atomic E-state index is 13.3.